The lowest BCUT2D eigenvalue weighted by Crippen LogP contribution is -2.24. The number of nitrogens with one attached hydrogen (secondary N) is 1. The van der Waals surface area contributed by atoms with Crippen molar-refractivity contribution >= 4 is 38.9 Å². The molecule has 0 heterocycles. The summed E-state index contributed by atoms with van der Waals surface area (Å²) in [6.07, 6.45) is 0. The summed E-state index contributed by atoms with van der Waals surface area (Å²) >= 11 is 11.7. The first-order chi connectivity index (χ1) is 9.81. The van der Waals surface area contributed by atoms with Gasteiger partial charge in [0, 0.05) is 11.6 Å². The molecule has 8 heteroatoms. The van der Waals surface area contributed by atoms with Gasteiger partial charge in [-0.1, -0.05) is 41.4 Å². The Morgan fingerprint density at radius 2 is 1.81 bits per heavy atom. The standard InChI is InChI=1S/C13H11Cl2FN2O2S/c14-9-4-2-1-3-8(9)7-18-21(19,20)13-6-12(17)11(16)5-10(13)15/h1-6,18H,7,17H2. The van der Waals surface area contributed by atoms with Gasteiger partial charge < -0.3 is 5.73 Å². The summed E-state index contributed by atoms with van der Waals surface area (Å²) in [6, 6.07) is 8.64. The summed E-state index contributed by atoms with van der Waals surface area (Å²) in [5, 5.41) is 0.193. The van der Waals surface area contributed by atoms with Crippen LogP contribution in [0.1, 0.15) is 5.56 Å². The van der Waals surface area contributed by atoms with Gasteiger partial charge in [-0.2, -0.15) is 0 Å². The maximum Gasteiger partial charge on any atom is 0.242 e. The van der Waals surface area contributed by atoms with Crippen LogP contribution in [0.25, 0.3) is 0 Å². The van der Waals surface area contributed by atoms with Crippen LogP contribution >= 0.6 is 23.2 Å². The summed E-state index contributed by atoms with van der Waals surface area (Å²) in [7, 11) is -3.93. The highest BCUT2D eigenvalue weighted by Gasteiger charge is 2.20. The van der Waals surface area contributed by atoms with Crippen LogP contribution < -0.4 is 10.5 Å². The molecule has 0 aliphatic carbocycles. The van der Waals surface area contributed by atoms with Crippen molar-refractivity contribution < 1.29 is 12.8 Å². The number of sulfonamides is 1. The van der Waals surface area contributed by atoms with Crippen molar-refractivity contribution in [3.05, 3.63) is 57.8 Å². The van der Waals surface area contributed by atoms with Gasteiger partial charge in [0.15, 0.2) is 0 Å². The molecule has 2 aromatic carbocycles. The quantitative estimate of drug-likeness (QED) is 0.833. The molecule has 0 amide bonds. The molecule has 2 rings (SSSR count). The first-order valence-electron chi connectivity index (χ1n) is 5.79. The summed E-state index contributed by atoms with van der Waals surface area (Å²) in [5.41, 5.74) is 5.68. The SMILES string of the molecule is Nc1cc(S(=O)(=O)NCc2ccccc2Cl)c(Cl)cc1F. The average Bonchev–Trinajstić information content (AvgIpc) is 2.42. The van der Waals surface area contributed by atoms with Gasteiger partial charge in [-0.25, -0.2) is 17.5 Å². The zero-order valence-corrected chi connectivity index (χ0v) is 12.9. The molecule has 4 nitrogen and oxygen atoms in total. The van der Waals surface area contributed by atoms with Crippen LogP contribution in [-0.2, 0) is 16.6 Å². The number of nitrogens with two attached hydrogens (primary N) is 1. The highest BCUT2D eigenvalue weighted by atomic mass is 35.5. The number of hydrogen-bond donors (Lipinski definition) is 2. The number of halogens is 3. The molecule has 2 aromatic rings. The average molecular weight is 349 g/mol. The molecule has 0 aliphatic heterocycles. The number of benzene rings is 2. The normalized spacial score (nSPS) is 11.6. The first kappa shape index (κ1) is 16.0. The van der Waals surface area contributed by atoms with Crippen molar-refractivity contribution in [2.24, 2.45) is 0 Å². The Hall–Kier alpha value is -1.34. The van der Waals surface area contributed by atoms with E-state index in [4.69, 9.17) is 28.9 Å². The van der Waals surface area contributed by atoms with Gasteiger partial charge in [0.05, 0.1) is 10.7 Å². The lowest BCUT2D eigenvalue weighted by molar-refractivity contribution is 0.580. The fourth-order valence-corrected chi connectivity index (χ4v) is 3.40. The fourth-order valence-electron chi connectivity index (χ4n) is 1.64. The summed E-state index contributed by atoms with van der Waals surface area (Å²) in [4.78, 5) is -0.282. The van der Waals surface area contributed by atoms with E-state index in [0.29, 0.717) is 10.6 Å². The van der Waals surface area contributed by atoms with Crippen LogP contribution in [0.3, 0.4) is 0 Å². The molecular formula is C13H11Cl2FN2O2S. The van der Waals surface area contributed by atoms with Crippen LogP contribution in [0, 0.1) is 5.82 Å². The van der Waals surface area contributed by atoms with E-state index in [-0.39, 0.29) is 22.2 Å². The molecule has 3 N–H and O–H groups in total. The third-order valence-electron chi connectivity index (χ3n) is 2.75. The van der Waals surface area contributed by atoms with Crippen LogP contribution in [0.5, 0.6) is 0 Å². The Morgan fingerprint density at radius 1 is 1.14 bits per heavy atom. The van der Waals surface area contributed by atoms with Gasteiger partial charge in [-0.3, -0.25) is 0 Å². The molecule has 0 saturated carbocycles. The second-order valence-electron chi connectivity index (χ2n) is 4.22. The first-order valence-corrected chi connectivity index (χ1v) is 8.03. The van der Waals surface area contributed by atoms with Gasteiger partial charge in [-0.05, 0) is 23.8 Å². The number of nitrogen functional groups attached to an aromatic ring is 1. The van der Waals surface area contributed by atoms with Crippen molar-refractivity contribution in [1.82, 2.24) is 4.72 Å². The lowest BCUT2D eigenvalue weighted by atomic mass is 10.2. The van der Waals surface area contributed by atoms with Crippen LogP contribution in [0.4, 0.5) is 10.1 Å². The van der Waals surface area contributed by atoms with E-state index in [0.717, 1.165) is 12.1 Å². The monoisotopic (exact) mass is 348 g/mol. The summed E-state index contributed by atoms with van der Waals surface area (Å²) in [5.74, 6) is -0.773. The zero-order valence-electron chi connectivity index (χ0n) is 10.6. The Labute approximate surface area is 131 Å². The number of hydrogen-bond acceptors (Lipinski definition) is 3. The van der Waals surface area contributed by atoms with Crippen molar-refractivity contribution in [2.75, 3.05) is 5.73 Å². The molecule has 0 atom stereocenters. The van der Waals surface area contributed by atoms with Gasteiger partial charge in [-0.15, -0.1) is 0 Å². The molecule has 0 aromatic heterocycles. The van der Waals surface area contributed by atoms with Crippen molar-refractivity contribution in [3.8, 4) is 0 Å². The number of anilines is 1. The topological polar surface area (TPSA) is 72.2 Å². The van der Waals surface area contributed by atoms with E-state index in [2.05, 4.69) is 4.72 Å². The van der Waals surface area contributed by atoms with Crippen molar-refractivity contribution in [1.29, 1.82) is 0 Å². The van der Waals surface area contributed by atoms with Crippen molar-refractivity contribution in [3.63, 3.8) is 0 Å². The van der Waals surface area contributed by atoms with Gasteiger partial charge in [0.25, 0.3) is 0 Å². The zero-order chi connectivity index (χ0) is 15.6. The van der Waals surface area contributed by atoms with E-state index in [1.54, 1.807) is 24.3 Å². The minimum Gasteiger partial charge on any atom is -0.396 e. The third-order valence-corrected chi connectivity index (χ3v) is 4.99. The fraction of sp³-hybridized carbons (Fsp3) is 0.0769. The maximum atomic E-state index is 13.2. The molecule has 0 bridgehead atoms. The molecule has 0 fully saturated rings. The molecule has 0 unspecified atom stereocenters. The van der Waals surface area contributed by atoms with Gasteiger partial charge in [0.2, 0.25) is 10.0 Å². The Kier molecular flexibility index (Phi) is 4.73. The Morgan fingerprint density at radius 3 is 2.48 bits per heavy atom. The molecule has 0 radical (unpaired) electrons. The maximum absolute atomic E-state index is 13.2. The Bertz CT molecular complexity index is 782. The highest BCUT2D eigenvalue weighted by Crippen LogP contribution is 2.26. The van der Waals surface area contributed by atoms with E-state index < -0.39 is 15.8 Å². The summed E-state index contributed by atoms with van der Waals surface area (Å²) in [6.45, 7) is -0.0182. The highest BCUT2D eigenvalue weighted by molar-refractivity contribution is 7.89. The minimum atomic E-state index is -3.93. The van der Waals surface area contributed by atoms with Crippen LogP contribution in [0.2, 0.25) is 10.0 Å². The predicted molar refractivity (Wildman–Crippen MR) is 81.3 cm³/mol. The molecule has 21 heavy (non-hydrogen) atoms. The second-order valence-corrected chi connectivity index (χ2v) is 6.77. The molecule has 0 aliphatic rings. The largest absolute Gasteiger partial charge is 0.396 e. The molecule has 0 spiro atoms. The third kappa shape index (κ3) is 3.65. The van der Waals surface area contributed by atoms with E-state index in [1.807, 2.05) is 0 Å². The smallest absolute Gasteiger partial charge is 0.242 e. The van der Waals surface area contributed by atoms with E-state index in [1.165, 1.54) is 0 Å². The van der Waals surface area contributed by atoms with Gasteiger partial charge >= 0.3 is 0 Å². The molecule has 112 valence electrons. The van der Waals surface area contributed by atoms with E-state index in [9.17, 15) is 12.8 Å². The van der Waals surface area contributed by atoms with Crippen LogP contribution in [0.15, 0.2) is 41.3 Å². The summed E-state index contributed by atoms with van der Waals surface area (Å²) < 4.78 is 39.9. The molecular weight excluding hydrogens is 338 g/mol. The predicted octanol–water partition coefficient (Wildman–Crippen LogP) is 3.19. The Balaban J connectivity index is 2.27. The van der Waals surface area contributed by atoms with E-state index >= 15 is 0 Å². The number of rotatable bonds is 4. The lowest BCUT2D eigenvalue weighted by Gasteiger charge is -2.10. The van der Waals surface area contributed by atoms with Crippen LogP contribution in [-0.4, -0.2) is 8.42 Å². The second kappa shape index (κ2) is 6.19. The van der Waals surface area contributed by atoms with Crippen molar-refractivity contribution in [2.45, 2.75) is 11.4 Å². The van der Waals surface area contributed by atoms with Gasteiger partial charge in [0.1, 0.15) is 10.7 Å². The molecule has 0 saturated heterocycles. The minimum absolute atomic E-state index is 0.0182.